The SMILES string of the molecule is CN1CCC(NC(=O)c2cc(F)cnc2Cl)CC1. The Morgan fingerprint density at radius 1 is 1.56 bits per heavy atom. The van der Waals surface area contributed by atoms with Crippen molar-refractivity contribution in [3.05, 3.63) is 28.8 Å². The number of carbonyl (C=O) groups excluding carboxylic acids is 1. The molecule has 0 radical (unpaired) electrons. The third kappa shape index (κ3) is 3.17. The van der Waals surface area contributed by atoms with Crippen molar-refractivity contribution in [1.29, 1.82) is 0 Å². The van der Waals surface area contributed by atoms with Gasteiger partial charge in [0.25, 0.3) is 5.91 Å². The van der Waals surface area contributed by atoms with Crippen molar-refractivity contribution >= 4 is 17.5 Å². The first-order valence-electron chi connectivity index (χ1n) is 5.86. The summed E-state index contributed by atoms with van der Waals surface area (Å²) in [5, 5.41) is 2.90. The predicted octanol–water partition coefficient (Wildman–Crippen LogP) is 1.70. The Labute approximate surface area is 110 Å². The number of hydrogen-bond donors (Lipinski definition) is 1. The zero-order valence-corrected chi connectivity index (χ0v) is 10.9. The van der Waals surface area contributed by atoms with Crippen molar-refractivity contribution < 1.29 is 9.18 Å². The molecule has 1 aliphatic rings. The molecule has 4 nitrogen and oxygen atoms in total. The van der Waals surface area contributed by atoms with E-state index in [-0.39, 0.29) is 22.7 Å². The van der Waals surface area contributed by atoms with Gasteiger partial charge in [0.15, 0.2) is 0 Å². The van der Waals surface area contributed by atoms with Crippen LogP contribution in [0, 0.1) is 5.82 Å². The summed E-state index contributed by atoms with van der Waals surface area (Å²) >= 11 is 5.79. The van der Waals surface area contributed by atoms with Gasteiger partial charge in [0.2, 0.25) is 0 Å². The summed E-state index contributed by atoms with van der Waals surface area (Å²) in [6.45, 7) is 1.89. The van der Waals surface area contributed by atoms with Crippen molar-refractivity contribution in [1.82, 2.24) is 15.2 Å². The van der Waals surface area contributed by atoms with Crippen LogP contribution in [0.3, 0.4) is 0 Å². The van der Waals surface area contributed by atoms with Crippen molar-refractivity contribution in [2.24, 2.45) is 0 Å². The fourth-order valence-corrected chi connectivity index (χ4v) is 2.19. The molecule has 0 bridgehead atoms. The highest BCUT2D eigenvalue weighted by atomic mass is 35.5. The van der Waals surface area contributed by atoms with Crippen LogP contribution in [0.4, 0.5) is 4.39 Å². The molecule has 6 heteroatoms. The van der Waals surface area contributed by atoms with Crippen molar-refractivity contribution in [3.63, 3.8) is 0 Å². The van der Waals surface area contributed by atoms with E-state index in [4.69, 9.17) is 11.6 Å². The first kappa shape index (κ1) is 13.2. The van der Waals surface area contributed by atoms with E-state index in [2.05, 4.69) is 15.2 Å². The zero-order chi connectivity index (χ0) is 13.1. The topological polar surface area (TPSA) is 45.2 Å². The largest absolute Gasteiger partial charge is 0.349 e. The molecule has 0 atom stereocenters. The second-order valence-corrected chi connectivity index (χ2v) is 4.90. The van der Waals surface area contributed by atoms with E-state index in [1.165, 1.54) is 0 Å². The van der Waals surface area contributed by atoms with Gasteiger partial charge in [-0.2, -0.15) is 0 Å². The number of pyridine rings is 1. The number of piperidine rings is 1. The predicted molar refractivity (Wildman–Crippen MR) is 67.2 cm³/mol. The number of nitrogens with one attached hydrogen (secondary N) is 1. The fourth-order valence-electron chi connectivity index (χ4n) is 2.00. The lowest BCUT2D eigenvalue weighted by molar-refractivity contribution is 0.0916. The van der Waals surface area contributed by atoms with Gasteiger partial charge in [0.05, 0.1) is 11.8 Å². The molecule has 1 aliphatic heterocycles. The van der Waals surface area contributed by atoms with Gasteiger partial charge in [-0.15, -0.1) is 0 Å². The van der Waals surface area contributed by atoms with Crippen molar-refractivity contribution in [2.75, 3.05) is 20.1 Å². The lowest BCUT2D eigenvalue weighted by atomic mass is 10.1. The lowest BCUT2D eigenvalue weighted by Gasteiger charge is -2.29. The normalized spacial score (nSPS) is 17.7. The summed E-state index contributed by atoms with van der Waals surface area (Å²) in [6.07, 6.45) is 2.78. The van der Waals surface area contributed by atoms with E-state index in [0.29, 0.717) is 0 Å². The smallest absolute Gasteiger partial charge is 0.254 e. The van der Waals surface area contributed by atoms with Gasteiger partial charge in [0, 0.05) is 6.04 Å². The van der Waals surface area contributed by atoms with Crippen molar-refractivity contribution in [2.45, 2.75) is 18.9 Å². The van der Waals surface area contributed by atoms with Crippen LogP contribution < -0.4 is 5.32 Å². The van der Waals surface area contributed by atoms with Gasteiger partial charge in [-0.05, 0) is 39.0 Å². The maximum absolute atomic E-state index is 13.0. The molecule has 0 saturated carbocycles. The molecule has 0 unspecified atom stereocenters. The highest BCUT2D eigenvalue weighted by Gasteiger charge is 2.20. The van der Waals surface area contributed by atoms with Gasteiger partial charge in [-0.3, -0.25) is 4.79 Å². The standard InChI is InChI=1S/C12H15ClFN3O/c1-17-4-2-9(3-5-17)16-12(18)10-6-8(14)7-15-11(10)13/h6-7,9H,2-5H2,1H3,(H,16,18). The molecule has 1 aromatic rings. The van der Waals surface area contributed by atoms with Crippen LogP contribution >= 0.6 is 11.6 Å². The lowest BCUT2D eigenvalue weighted by Crippen LogP contribution is -2.43. The molecule has 2 rings (SSSR count). The Hall–Kier alpha value is -1.20. The van der Waals surface area contributed by atoms with Gasteiger partial charge < -0.3 is 10.2 Å². The van der Waals surface area contributed by atoms with E-state index < -0.39 is 5.82 Å². The number of aromatic nitrogens is 1. The van der Waals surface area contributed by atoms with Crippen LogP contribution in [0.2, 0.25) is 5.15 Å². The van der Waals surface area contributed by atoms with Crippen molar-refractivity contribution in [3.8, 4) is 0 Å². The number of halogens is 2. The van der Waals surface area contributed by atoms with Crippen LogP contribution in [-0.4, -0.2) is 42.0 Å². The maximum atomic E-state index is 13.0. The van der Waals surface area contributed by atoms with Crippen LogP contribution in [0.5, 0.6) is 0 Å². The Morgan fingerprint density at radius 3 is 2.89 bits per heavy atom. The number of nitrogens with zero attached hydrogens (tertiary/aromatic N) is 2. The molecule has 0 spiro atoms. The first-order valence-corrected chi connectivity index (χ1v) is 6.24. The first-order chi connectivity index (χ1) is 8.56. The zero-order valence-electron chi connectivity index (χ0n) is 10.1. The minimum absolute atomic E-state index is 0.0295. The van der Waals surface area contributed by atoms with Crippen LogP contribution in [0.1, 0.15) is 23.2 Å². The summed E-state index contributed by atoms with van der Waals surface area (Å²) in [4.78, 5) is 17.8. The third-order valence-corrected chi connectivity index (χ3v) is 3.41. The third-order valence-electron chi connectivity index (χ3n) is 3.10. The summed E-state index contributed by atoms with van der Waals surface area (Å²) in [5.41, 5.74) is 0.0931. The van der Waals surface area contributed by atoms with Gasteiger partial charge in [-0.25, -0.2) is 9.37 Å². The minimum atomic E-state index is -0.562. The average Bonchev–Trinajstić information content (AvgIpc) is 2.35. The molecule has 18 heavy (non-hydrogen) atoms. The molecule has 1 fully saturated rings. The molecule has 0 aromatic carbocycles. The second-order valence-electron chi connectivity index (χ2n) is 4.54. The highest BCUT2D eigenvalue weighted by molar-refractivity contribution is 6.32. The monoisotopic (exact) mass is 271 g/mol. The number of hydrogen-bond acceptors (Lipinski definition) is 3. The molecule has 98 valence electrons. The summed E-state index contributed by atoms with van der Waals surface area (Å²) in [7, 11) is 2.05. The summed E-state index contributed by atoms with van der Waals surface area (Å²) in [6, 6.07) is 1.23. The van der Waals surface area contributed by atoms with E-state index >= 15 is 0 Å². The summed E-state index contributed by atoms with van der Waals surface area (Å²) in [5.74, 6) is -0.922. The summed E-state index contributed by atoms with van der Waals surface area (Å²) < 4.78 is 13.0. The number of amides is 1. The molecule has 0 aliphatic carbocycles. The Kier molecular flexibility index (Phi) is 4.14. The van der Waals surface area contributed by atoms with Gasteiger partial charge in [-0.1, -0.05) is 11.6 Å². The van der Waals surface area contributed by atoms with E-state index in [0.717, 1.165) is 38.2 Å². The highest BCUT2D eigenvalue weighted by Crippen LogP contribution is 2.15. The van der Waals surface area contributed by atoms with E-state index in [9.17, 15) is 9.18 Å². The van der Waals surface area contributed by atoms with Gasteiger partial charge >= 0.3 is 0 Å². The van der Waals surface area contributed by atoms with E-state index in [1.54, 1.807) is 0 Å². The Balaban J connectivity index is 2.01. The number of rotatable bonds is 2. The molecule has 1 saturated heterocycles. The quantitative estimate of drug-likeness (QED) is 0.833. The number of likely N-dealkylation sites (tertiary alicyclic amines) is 1. The van der Waals surface area contributed by atoms with Crippen LogP contribution in [0.15, 0.2) is 12.3 Å². The molecule has 2 heterocycles. The Bertz CT molecular complexity index is 447. The number of carbonyl (C=O) groups is 1. The Morgan fingerprint density at radius 2 is 2.22 bits per heavy atom. The van der Waals surface area contributed by atoms with E-state index in [1.807, 2.05) is 7.05 Å². The molecule has 1 N–H and O–H groups in total. The molecule has 1 aromatic heterocycles. The molecular formula is C12H15ClFN3O. The maximum Gasteiger partial charge on any atom is 0.254 e. The van der Waals surface area contributed by atoms with Crippen LogP contribution in [-0.2, 0) is 0 Å². The molecular weight excluding hydrogens is 257 g/mol. The molecule has 1 amide bonds. The van der Waals surface area contributed by atoms with Gasteiger partial charge in [0.1, 0.15) is 11.0 Å². The second kappa shape index (κ2) is 5.63. The average molecular weight is 272 g/mol. The fraction of sp³-hybridized carbons (Fsp3) is 0.500. The van der Waals surface area contributed by atoms with Crippen LogP contribution in [0.25, 0.3) is 0 Å². The minimum Gasteiger partial charge on any atom is -0.349 e.